The molecule has 4 nitrogen and oxygen atoms in total. The van der Waals surface area contributed by atoms with Gasteiger partial charge >= 0.3 is 0 Å². The predicted octanol–water partition coefficient (Wildman–Crippen LogP) is -0.111. The Labute approximate surface area is 79.0 Å². The molecule has 0 aromatic carbocycles. The SMILES string of the molecule is CNC(C)(C)C(=O)NC1CCOC1. The highest BCUT2D eigenvalue weighted by atomic mass is 16.5. The number of hydrogen-bond donors (Lipinski definition) is 2. The summed E-state index contributed by atoms with van der Waals surface area (Å²) in [6.45, 7) is 5.12. The predicted molar refractivity (Wildman–Crippen MR) is 50.5 cm³/mol. The first-order valence-corrected chi connectivity index (χ1v) is 4.64. The smallest absolute Gasteiger partial charge is 0.240 e. The molecule has 1 fully saturated rings. The Hall–Kier alpha value is -0.610. The molecule has 1 saturated heterocycles. The van der Waals surface area contributed by atoms with Crippen molar-refractivity contribution in [2.24, 2.45) is 0 Å². The van der Waals surface area contributed by atoms with Crippen LogP contribution >= 0.6 is 0 Å². The maximum absolute atomic E-state index is 11.6. The molecule has 1 amide bonds. The third-order valence-corrected chi connectivity index (χ3v) is 2.46. The molecular weight excluding hydrogens is 168 g/mol. The molecule has 1 aliphatic rings. The van der Waals surface area contributed by atoms with E-state index in [2.05, 4.69) is 10.6 Å². The number of amides is 1. The van der Waals surface area contributed by atoms with Crippen molar-refractivity contribution in [1.82, 2.24) is 10.6 Å². The number of rotatable bonds is 3. The first kappa shape index (κ1) is 10.5. The standard InChI is InChI=1S/C9H18N2O2/c1-9(2,10-3)8(12)11-7-4-5-13-6-7/h7,10H,4-6H2,1-3H3,(H,11,12). The van der Waals surface area contributed by atoms with Crippen LogP contribution in [0.2, 0.25) is 0 Å². The molecule has 1 heterocycles. The van der Waals surface area contributed by atoms with Gasteiger partial charge in [0, 0.05) is 6.61 Å². The Balaban J connectivity index is 2.39. The third-order valence-electron chi connectivity index (χ3n) is 2.46. The summed E-state index contributed by atoms with van der Waals surface area (Å²) in [5, 5.41) is 5.91. The first-order valence-electron chi connectivity index (χ1n) is 4.64. The lowest BCUT2D eigenvalue weighted by Crippen LogP contribution is -2.53. The van der Waals surface area contributed by atoms with E-state index in [9.17, 15) is 4.79 Å². The Morgan fingerprint density at radius 3 is 2.69 bits per heavy atom. The minimum Gasteiger partial charge on any atom is -0.379 e. The van der Waals surface area contributed by atoms with Gasteiger partial charge in [0.05, 0.1) is 18.2 Å². The van der Waals surface area contributed by atoms with E-state index in [0.29, 0.717) is 6.61 Å². The van der Waals surface area contributed by atoms with Crippen LogP contribution in [0.25, 0.3) is 0 Å². The fourth-order valence-electron chi connectivity index (χ4n) is 1.13. The van der Waals surface area contributed by atoms with E-state index < -0.39 is 5.54 Å². The van der Waals surface area contributed by atoms with Crippen molar-refractivity contribution >= 4 is 5.91 Å². The van der Waals surface area contributed by atoms with Gasteiger partial charge in [0.25, 0.3) is 0 Å². The second-order valence-electron chi connectivity index (χ2n) is 3.91. The van der Waals surface area contributed by atoms with Gasteiger partial charge in [-0.2, -0.15) is 0 Å². The largest absolute Gasteiger partial charge is 0.379 e. The van der Waals surface area contributed by atoms with Crippen LogP contribution < -0.4 is 10.6 Å². The number of hydrogen-bond acceptors (Lipinski definition) is 3. The lowest BCUT2D eigenvalue weighted by Gasteiger charge is -2.24. The normalized spacial score (nSPS) is 23.2. The van der Waals surface area contributed by atoms with E-state index >= 15 is 0 Å². The van der Waals surface area contributed by atoms with Gasteiger partial charge in [-0.15, -0.1) is 0 Å². The summed E-state index contributed by atoms with van der Waals surface area (Å²) in [7, 11) is 1.78. The summed E-state index contributed by atoms with van der Waals surface area (Å²) in [6, 6.07) is 0.195. The highest BCUT2D eigenvalue weighted by Gasteiger charge is 2.28. The zero-order valence-corrected chi connectivity index (χ0v) is 8.52. The summed E-state index contributed by atoms with van der Waals surface area (Å²) in [4.78, 5) is 11.6. The van der Waals surface area contributed by atoms with E-state index in [0.717, 1.165) is 13.0 Å². The van der Waals surface area contributed by atoms with Gasteiger partial charge in [0.1, 0.15) is 0 Å². The summed E-state index contributed by atoms with van der Waals surface area (Å²) in [5.41, 5.74) is -0.497. The van der Waals surface area contributed by atoms with Crippen molar-refractivity contribution in [3.05, 3.63) is 0 Å². The molecule has 76 valence electrons. The zero-order valence-electron chi connectivity index (χ0n) is 8.52. The van der Waals surface area contributed by atoms with Gasteiger partial charge in [-0.25, -0.2) is 0 Å². The Bertz CT molecular complexity index is 186. The van der Waals surface area contributed by atoms with Crippen LogP contribution in [-0.4, -0.2) is 37.7 Å². The van der Waals surface area contributed by atoms with Gasteiger partial charge in [-0.3, -0.25) is 4.79 Å². The van der Waals surface area contributed by atoms with Gasteiger partial charge in [-0.1, -0.05) is 0 Å². The zero-order chi connectivity index (χ0) is 9.90. The second-order valence-corrected chi connectivity index (χ2v) is 3.91. The van der Waals surface area contributed by atoms with E-state index in [1.54, 1.807) is 7.05 Å². The minimum atomic E-state index is -0.497. The van der Waals surface area contributed by atoms with Gasteiger partial charge < -0.3 is 15.4 Å². The van der Waals surface area contributed by atoms with Gasteiger partial charge in [0.2, 0.25) is 5.91 Å². The lowest BCUT2D eigenvalue weighted by molar-refractivity contribution is -0.127. The highest BCUT2D eigenvalue weighted by molar-refractivity contribution is 5.85. The second kappa shape index (κ2) is 4.07. The molecule has 0 aromatic rings. The van der Waals surface area contributed by atoms with E-state index in [1.165, 1.54) is 0 Å². The summed E-state index contributed by atoms with van der Waals surface area (Å²) >= 11 is 0. The average Bonchev–Trinajstić information content (AvgIpc) is 2.57. The molecule has 0 bridgehead atoms. The fraction of sp³-hybridized carbons (Fsp3) is 0.889. The summed E-state index contributed by atoms with van der Waals surface area (Å²) < 4.78 is 5.17. The third kappa shape index (κ3) is 2.67. The number of carbonyl (C=O) groups is 1. The molecule has 1 rings (SSSR count). The Morgan fingerprint density at radius 1 is 1.54 bits per heavy atom. The molecule has 0 spiro atoms. The number of carbonyl (C=O) groups excluding carboxylic acids is 1. The maximum Gasteiger partial charge on any atom is 0.240 e. The fourth-order valence-corrected chi connectivity index (χ4v) is 1.13. The van der Waals surface area contributed by atoms with Crippen LogP contribution in [-0.2, 0) is 9.53 Å². The van der Waals surface area contributed by atoms with Crippen LogP contribution in [0.5, 0.6) is 0 Å². The van der Waals surface area contributed by atoms with Crippen molar-refractivity contribution in [3.63, 3.8) is 0 Å². The molecule has 0 aliphatic carbocycles. The molecule has 0 radical (unpaired) electrons. The lowest BCUT2D eigenvalue weighted by atomic mass is 10.0. The van der Waals surface area contributed by atoms with Crippen LogP contribution in [0.15, 0.2) is 0 Å². The quantitative estimate of drug-likeness (QED) is 0.646. The molecule has 4 heteroatoms. The molecule has 1 unspecified atom stereocenters. The maximum atomic E-state index is 11.6. The van der Waals surface area contributed by atoms with Crippen molar-refractivity contribution in [3.8, 4) is 0 Å². The highest BCUT2D eigenvalue weighted by Crippen LogP contribution is 2.06. The number of nitrogens with one attached hydrogen (secondary N) is 2. The van der Waals surface area contributed by atoms with Gasteiger partial charge in [0.15, 0.2) is 0 Å². The molecule has 1 aliphatic heterocycles. The van der Waals surface area contributed by atoms with Crippen molar-refractivity contribution in [2.45, 2.75) is 31.8 Å². The minimum absolute atomic E-state index is 0.0329. The monoisotopic (exact) mass is 186 g/mol. The molecule has 0 aromatic heterocycles. The molecular formula is C9H18N2O2. The summed E-state index contributed by atoms with van der Waals surface area (Å²) in [6.07, 6.45) is 0.922. The number of ether oxygens (including phenoxy) is 1. The topological polar surface area (TPSA) is 50.4 Å². The van der Waals surface area contributed by atoms with E-state index in [-0.39, 0.29) is 11.9 Å². The van der Waals surface area contributed by atoms with Crippen LogP contribution in [0.3, 0.4) is 0 Å². The Kier molecular flexibility index (Phi) is 3.27. The number of likely N-dealkylation sites (N-methyl/N-ethyl adjacent to an activating group) is 1. The van der Waals surface area contributed by atoms with Crippen LogP contribution in [0.1, 0.15) is 20.3 Å². The average molecular weight is 186 g/mol. The first-order chi connectivity index (χ1) is 6.06. The van der Waals surface area contributed by atoms with Gasteiger partial charge in [-0.05, 0) is 27.3 Å². The van der Waals surface area contributed by atoms with Crippen molar-refractivity contribution < 1.29 is 9.53 Å². The summed E-state index contributed by atoms with van der Waals surface area (Å²) in [5.74, 6) is 0.0329. The molecule has 13 heavy (non-hydrogen) atoms. The van der Waals surface area contributed by atoms with E-state index in [1.807, 2.05) is 13.8 Å². The molecule has 1 atom stereocenters. The van der Waals surface area contributed by atoms with Crippen molar-refractivity contribution in [1.29, 1.82) is 0 Å². The van der Waals surface area contributed by atoms with Crippen LogP contribution in [0.4, 0.5) is 0 Å². The Morgan fingerprint density at radius 2 is 2.23 bits per heavy atom. The van der Waals surface area contributed by atoms with E-state index in [4.69, 9.17) is 4.74 Å². The molecule has 0 saturated carbocycles. The van der Waals surface area contributed by atoms with Crippen LogP contribution in [0, 0.1) is 0 Å². The molecule has 2 N–H and O–H groups in total. The van der Waals surface area contributed by atoms with Crippen molar-refractivity contribution in [2.75, 3.05) is 20.3 Å².